The second-order valence-electron chi connectivity index (χ2n) is 4.61. The van der Waals surface area contributed by atoms with Crippen LogP contribution in [0.1, 0.15) is 17.5 Å². The van der Waals surface area contributed by atoms with E-state index in [2.05, 4.69) is 10.9 Å². The Morgan fingerprint density at radius 2 is 1.80 bits per heavy atom. The lowest BCUT2D eigenvalue weighted by Crippen LogP contribution is -2.29. The molecule has 0 fully saturated rings. The van der Waals surface area contributed by atoms with Crippen molar-refractivity contribution in [1.82, 2.24) is 5.43 Å². The van der Waals surface area contributed by atoms with Crippen molar-refractivity contribution in [1.29, 1.82) is 0 Å². The van der Waals surface area contributed by atoms with Crippen molar-refractivity contribution in [3.63, 3.8) is 0 Å². The van der Waals surface area contributed by atoms with Crippen LogP contribution in [0, 0.1) is 6.92 Å². The van der Waals surface area contributed by atoms with Crippen molar-refractivity contribution >= 4 is 23.2 Å². The molecule has 2 aromatic rings. The second kappa shape index (κ2) is 6.96. The van der Waals surface area contributed by atoms with Crippen molar-refractivity contribution in [2.75, 3.05) is 5.43 Å². The van der Waals surface area contributed by atoms with Gasteiger partial charge in [0.1, 0.15) is 0 Å². The van der Waals surface area contributed by atoms with Gasteiger partial charge in [0.2, 0.25) is 5.91 Å². The number of para-hydroxylation sites is 1. The molecule has 0 heterocycles. The molecule has 0 spiro atoms. The minimum absolute atomic E-state index is 0.0387. The molecule has 20 heavy (non-hydrogen) atoms. The molecule has 0 aliphatic heterocycles. The third-order valence-electron chi connectivity index (χ3n) is 3.04. The van der Waals surface area contributed by atoms with E-state index in [-0.39, 0.29) is 5.91 Å². The van der Waals surface area contributed by atoms with Gasteiger partial charge in [-0.15, -0.1) is 0 Å². The van der Waals surface area contributed by atoms with Crippen LogP contribution in [0.3, 0.4) is 0 Å². The van der Waals surface area contributed by atoms with Crippen LogP contribution < -0.4 is 10.9 Å². The first kappa shape index (κ1) is 14.4. The van der Waals surface area contributed by atoms with Crippen molar-refractivity contribution in [2.24, 2.45) is 0 Å². The topological polar surface area (TPSA) is 41.1 Å². The maximum Gasteiger partial charge on any atom is 0.238 e. The summed E-state index contributed by atoms with van der Waals surface area (Å²) in [6, 6.07) is 15.3. The fourth-order valence-corrected chi connectivity index (χ4v) is 1.95. The van der Waals surface area contributed by atoms with Gasteiger partial charge in [-0.05, 0) is 42.7 Å². The molecule has 0 saturated carbocycles. The van der Waals surface area contributed by atoms with Crippen LogP contribution in [-0.2, 0) is 11.2 Å². The SMILES string of the molecule is Cc1ccccc1NNC(=O)CCc1ccc(Cl)cc1. The summed E-state index contributed by atoms with van der Waals surface area (Å²) in [6.07, 6.45) is 1.12. The minimum Gasteiger partial charge on any atom is -0.298 e. The molecule has 0 aliphatic carbocycles. The maximum atomic E-state index is 11.8. The molecule has 104 valence electrons. The van der Waals surface area contributed by atoms with Gasteiger partial charge in [0.25, 0.3) is 0 Å². The highest BCUT2D eigenvalue weighted by Gasteiger charge is 2.03. The number of amides is 1. The van der Waals surface area contributed by atoms with Crippen molar-refractivity contribution in [2.45, 2.75) is 19.8 Å². The van der Waals surface area contributed by atoms with Crippen LogP contribution in [0.15, 0.2) is 48.5 Å². The van der Waals surface area contributed by atoms with E-state index in [1.54, 1.807) is 0 Å². The number of hydrogen-bond donors (Lipinski definition) is 2. The zero-order valence-corrected chi connectivity index (χ0v) is 12.1. The Balaban J connectivity index is 1.78. The van der Waals surface area contributed by atoms with Gasteiger partial charge in [-0.1, -0.05) is 41.9 Å². The third-order valence-corrected chi connectivity index (χ3v) is 3.29. The van der Waals surface area contributed by atoms with E-state index in [9.17, 15) is 4.79 Å². The van der Waals surface area contributed by atoms with Gasteiger partial charge < -0.3 is 0 Å². The third kappa shape index (κ3) is 4.28. The predicted octanol–water partition coefficient (Wildman–Crippen LogP) is 3.72. The highest BCUT2D eigenvalue weighted by molar-refractivity contribution is 6.30. The summed E-state index contributed by atoms with van der Waals surface area (Å²) in [5, 5.41) is 0.708. The largest absolute Gasteiger partial charge is 0.298 e. The first-order valence-electron chi connectivity index (χ1n) is 6.50. The fraction of sp³-hybridized carbons (Fsp3) is 0.188. The van der Waals surface area contributed by atoms with E-state index < -0.39 is 0 Å². The van der Waals surface area contributed by atoms with Gasteiger partial charge in [-0.25, -0.2) is 0 Å². The average molecular weight is 289 g/mol. The van der Waals surface area contributed by atoms with Crippen molar-refractivity contribution in [3.05, 3.63) is 64.7 Å². The number of aryl methyl sites for hydroxylation is 2. The van der Waals surface area contributed by atoms with Gasteiger partial charge in [0.15, 0.2) is 0 Å². The number of carbonyl (C=O) groups excluding carboxylic acids is 1. The van der Waals surface area contributed by atoms with E-state index in [0.29, 0.717) is 17.9 Å². The van der Waals surface area contributed by atoms with Crippen molar-refractivity contribution in [3.8, 4) is 0 Å². The molecule has 0 aliphatic rings. The molecule has 3 nitrogen and oxygen atoms in total. The number of nitrogens with one attached hydrogen (secondary N) is 2. The maximum absolute atomic E-state index is 11.8. The second-order valence-corrected chi connectivity index (χ2v) is 5.05. The van der Waals surface area contributed by atoms with Gasteiger partial charge in [0.05, 0.1) is 5.69 Å². The molecule has 2 N–H and O–H groups in total. The van der Waals surface area contributed by atoms with E-state index in [0.717, 1.165) is 16.8 Å². The summed E-state index contributed by atoms with van der Waals surface area (Å²) in [5.41, 5.74) is 8.74. The van der Waals surface area contributed by atoms with E-state index >= 15 is 0 Å². The molecule has 0 saturated heterocycles. The van der Waals surface area contributed by atoms with E-state index in [4.69, 9.17) is 11.6 Å². The number of halogens is 1. The Bertz CT molecular complexity index is 581. The summed E-state index contributed by atoms with van der Waals surface area (Å²) in [4.78, 5) is 11.8. The normalized spacial score (nSPS) is 10.1. The van der Waals surface area contributed by atoms with Crippen LogP contribution >= 0.6 is 11.6 Å². The molecule has 0 unspecified atom stereocenters. The van der Waals surface area contributed by atoms with Gasteiger partial charge in [-0.3, -0.25) is 15.6 Å². The fourth-order valence-electron chi connectivity index (χ4n) is 1.82. The smallest absolute Gasteiger partial charge is 0.238 e. The standard InChI is InChI=1S/C16H17ClN2O/c1-12-4-2-3-5-15(12)18-19-16(20)11-8-13-6-9-14(17)10-7-13/h2-7,9-10,18H,8,11H2,1H3,(H,19,20). The Hall–Kier alpha value is -2.00. The van der Waals surface area contributed by atoms with Crippen LogP contribution in [-0.4, -0.2) is 5.91 Å². The van der Waals surface area contributed by atoms with Crippen LogP contribution in [0.25, 0.3) is 0 Å². The molecule has 4 heteroatoms. The summed E-state index contributed by atoms with van der Waals surface area (Å²) in [5.74, 6) is -0.0387. The molecular formula is C16H17ClN2O. The highest BCUT2D eigenvalue weighted by atomic mass is 35.5. The van der Waals surface area contributed by atoms with E-state index in [1.807, 2.05) is 55.5 Å². The molecule has 1 amide bonds. The number of benzene rings is 2. The molecule has 2 aromatic carbocycles. The zero-order chi connectivity index (χ0) is 14.4. The molecular weight excluding hydrogens is 272 g/mol. The number of anilines is 1. The molecule has 0 bridgehead atoms. The number of rotatable bonds is 5. The highest BCUT2D eigenvalue weighted by Crippen LogP contribution is 2.12. The van der Waals surface area contributed by atoms with Gasteiger partial charge in [0, 0.05) is 11.4 Å². The summed E-state index contributed by atoms with van der Waals surface area (Å²) in [7, 11) is 0. The minimum atomic E-state index is -0.0387. The van der Waals surface area contributed by atoms with Crippen LogP contribution in [0.2, 0.25) is 5.02 Å². The average Bonchev–Trinajstić information content (AvgIpc) is 2.46. The van der Waals surface area contributed by atoms with Crippen molar-refractivity contribution < 1.29 is 4.79 Å². The Morgan fingerprint density at radius 3 is 2.50 bits per heavy atom. The van der Waals surface area contributed by atoms with Gasteiger partial charge >= 0.3 is 0 Å². The summed E-state index contributed by atoms with van der Waals surface area (Å²) >= 11 is 5.82. The molecule has 2 rings (SSSR count). The lowest BCUT2D eigenvalue weighted by Gasteiger charge is -2.10. The lowest BCUT2D eigenvalue weighted by atomic mass is 10.1. The Labute approximate surface area is 123 Å². The number of hydrazine groups is 1. The van der Waals surface area contributed by atoms with Crippen LogP contribution in [0.4, 0.5) is 5.69 Å². The first-order valence-corrected chi connectivity index (χ1v) is 6.88. The first-order chi connectivity index (χ1) is 9.65. The Kier molecular flexibility index (Phi) is 5.02. The summed E-state index contributed by atoms with van der Waals surface area (Å²) in [6.45, 7) is 1.99. The number of carbonyl (C=O) groups is 1. The van der Waals surface area contributed by atoms with E-state index in [1.165, 1.54) is 0 Å². The lowest BCUT2D eigenvalue weighted by molar-refractivity contribution is -0.120. The number of hydrogen-bond acceptors (Lipinski definition) is 2. The molecule has 0 aromatic heterocycles. The quantitative estimate of drug-likeness (QED) is 0.823. The van der Waals surface area contributed by atoms with Gasteiger partial charge in [-0.2, -0.15) is 0 Å². The zero-order valence-electron chi connectivity index (χ0n) is 11.3. The van der Waals surface area contributed by atoms with Crippen LogP contribution in [0.5, 0.6) is 0 Å². The molecule has 0 atom stereocenters. The predicted molar refractivity (Wildman–Crippen MR) is 82.7 cm³/mol. The Morgan fingerprint density at radius 1 is 1.10 bits per heavy atom. The summed E-state index contributed by atoms with van der Waals surface area (Å²) < 4.78 is 0. The monoisotopic (exact) mass is 288 g/mol. The molecule has 0 radical (unpaired) electrons.